The SMILES string of the molecule is COC(=O)Cn1c(=NC(=O)CCCSc2ccc(OC)cc2)sc2cc(C)ccc21. The molecule has 158 valence electrons. The molecule has 0 aliphatic rings. The number of aryl methyl sites for hydroxylation is 1. The number of methoxy groups -OCH3 is 2. The first kappa shape index (κ1) is 22.1. The average molecular weight is 445 g/mol. The molecule has 0 unspecified atom stereocenters. The van der Waals surface area contributed by atoms with Crippen molar-refractivity contribution < 1.29 is 19.1 Å². The molecule has 3 rings (SSSR count). The van der Waals surface area contributed by atoms with Crippen LogP contribution in [0, 0.1) is 6.92 Å². The number of ether oxygens (including phenoxy) is 2. The van der Waals surface area contributed by atoms with Crippen molar-refractivity contribution in [2.75, 3.05) is 20.0 Å². The molecule has 0 N–H and O–H groups in total. The van der Waals surface area contributed by atoms with Crippen LogP contribution in [0.2, 0.25) is 0 Å². The van der Waals surface area contributed by atoms with Crippen LogP contribution in [0.15, 0.2) is 52.4 Å². The lowest BCUT2D eigenvalue weighted by Crippen LogP contribution is -2.22. The fourth-order valence-corrected chi connectivity index (χ4v) is 4.86. The molecular weight excluding hydrogens is 420 g/mol. The zero-order valence-electron chi connectivity index (χ0n) is 17.2. The standard InChI is InChI=1S/C22H24N2O4S2/c1-15-6-11-18-19(13-15)30-22(24(18)14-21(26)28-3)23-20(25)5-4-12-29-17-9-7-16(27-2)8-10-17/h6-11,13H,4-5,12,14H2,1-3H3. The van der Waals surface area contributed by atoms with Crippen LogP contribution >= 0.6 is 23.1 Å². The molecule has 2 aromatic carbocycles. The highest BCUT2D eigenvalue weighted by Gasteiger charge is 2.12. The number of thioether (sulfide) groups is 1. The van der Waals surface area contributed by atoms with Crippen molar-refractivity contribution in [1.82, 2.24) is 4.57 Å². The molecule has 30 heavy (non-hydrogen) atoms. The summed E-state index contributed by atoms with van der Waals surface area (Å²) >= 11 is 3.10. The largest absolute Gasteiger partial charge is 0.497 e. The highest BCUT2D eigenvalue weighted by Crippen LogP contribution is 2.22. The van der Waals surface area contributed by atoms with Gasteiger partial charge in [-0.2, -0.15) is 4.99 Å². The number of nitrogens with zero attached hydrogens (tertiary/aromatic N) is 2. The first-order valence-corrected chi connectivity index (χ1v) is 11.3. The van der Waals surface area contributed by atoms with Crippen LogP contribution < -0.4 is 9.54 Å². The Morgan fingerprint density at radius 3 is 2.60 bits per heavy atom. The second kappa shape index (κ2) is 10.4. The summed E-state index contributed by atoms with van der Waals surface area (Å²) in [6.45, 7) is 2.03. The van der Waals surface area contributed by atoms with Gasteiger partial charge in [0.15, 0.2) is 4.80 Å². The molecule has 0 spiro atoms. The number of rotatable bonds is 8. The van der Waals surface area contributed by atoms with Crippen molar-refractivity contribution in [2.45, 2.75) is 31.2 Å². The molecule has 6 nitrogen and oxygen atoms in total. The Morgan fingerprint density at radius 2 is 1.90 bits per heavy atom. The predicted octanol–water partition coefficient (Wildman–Crippen LogP) is 4.19. The van der Waals surface area contributed by atoms with Gasteiger partial charge in [-0.15, -0.1) is 11.8 Å². The van der Waals surface area contributed by atoms with Crippen LogP contribution in [0.4, 0.5) is 0 Å². The molecule has 3 aromatic rings. The minimum atomic E-state index is -0.375. The molecule has 0 bridgehead atoms. The van der Waals surface area contributed by atoms with E-state index in [0.717, 1.165) is 38.6 Å². The molecule has 0 aliphatic carbocycles. The van der Waals surface area contributed by atoms with E-state index in [1.807, 2.05) is 49.4 Å². The number of fused-ring (bicyclic) bond motifs is 1. The fourth-order valence-electron chi connectivity index (χ4n) is 2.86. The number of amides is 1. The van der Waals surface area contributed by atoms with Gasteiger partial charge in [-0.25, -0.2) is 0 Å². The van der Waals surface area contributed by atoms with E-state index in [1.54, 1.807) is 23.4 Å². The van der Waals surface area contributed by atoms with Crippen molar-refractivity contribution >= 4 is 45.2 Å². The Morgan fingerprint density at radius 1 is 1.13 bits per heavy atom. The van der Waals surface area contributed by atoms with Gasteiger partial charge < -0.3 is 14.0 Å². The van der Waals surface area contributed by atoms with Crippen molar-refractivity contribution in [3.63, 3.8) is 0 Å². The number of carbonyl (C=O) groups excluding carboxylic acids is 2. The van der Waals surface area contributed by atoms with Crippen LogP contribution in [0.5, 0.6) is 5.75 Å². The summed E-state index contributed by atoms with van der Waals surface area (Å²) < 4.78 is 12.7. The molecule has 1 amide bonds. The second-order valence-corrected chi connectivity index (χ2v) is 8.83. The molecule has 0 saturated carbocycles. The number of hydrogen-bond donors (Lipinski definition) is 0. The van der Waals surface area contributed by atoms with Gasteiger partial charge in [-0.3, -0.25) is 9.59 Å². The van der Waals surface area contributed by atoms with E-state index in [-0.39, 0.29) is 18.4 Å². The Balaban J connectivity index is 1.67. The van der Waals surface area contributed by atoms with Gasteiger partial charge in [0, 0.05) is 11.3 Å². The van der Waals surface area contributed by atoms with Crippen molar-refractivity contribution in [1.29, 1.82) is 0 Å². The number of hydrogen-bond acceptors (Lipinski definition) is 6. The van der Waals surface area contributed by atoms with Crippen molar-refractivity contribution in [3.8, 4) is 5.75 Å². The Hall–Kier alpha value is -2.58. The maximum absolute atomic E-state index is 12.4. The van der Waals surface area contributed by atoms with E-state index >= 15 is 0 Å². The lowest BCUT2D eigenvalue weighted by atomic mass is 10.2. The van der Waals surface area contributed by atoms with E-state index in [0.29, 0.717) is 11.2 Å². The van der Waals surface area contributed by atoms with Gasteiger partial charge in [0.25, 0.3) is 0 Å². The van der Waals surface area contributed by atoms with E-state index in [1.165, 1.54) is 18.4 Å². The third-order valence-electron chi connectivity index (χ3n) is 4.44. The van der Waals surface area contributed by atoms with Gasteiger partial charge in [-0.05, 0) is 61.1 Å². The molecule has 0 aliphatic heterocycles. The Bertz CT molecular complexity index is 1100. The number of benzene rings is 2. The first-order chi connectivity index (χ1) is 14.5. The highest BCUT2D eigenvalue weighted by molar-refractivity contribution is 7.99. The minimum Gasteiger partial charge on any atom is -0.497 e. The van der Waals surface area contributed by atoms with Gasteiger partial charge in [0.1, 0.15) is 12.3 Å². The zero-order valence-corrected chi connectivity index (χ0v) is 18.8. The number of carbonyl (C=O) groups is 2. The summed E-state index contributed by atoms with van der Waals surface area (Å²) in [7, 11) is 2.99. The minimum absolute atomic E-state index is 0.0268. The third kappa shape index (κ3) is 5.73. The Kier molecular flexibility index (Phi) is 7.70. The second-order valence-electron chi connectivity index (χ2n) is 6.65. The summed E-state index contributed by atoms with van der Waals surface area (Å²) in [5, 5.41) is 0. The van der Waals surface area contributed by atoms with E-state index in [4.69, 9.17) is 9.47 Å². The van der Waals surface area contributed by atoms with Crippen LogP contribution in [-0.4, -0.2) is 36.4 Å². The molecule has 8 heteroatoms. The number of esters is 1. The number of aromatic nitrogens is 1. The van der Waals surface area contributed by atoms with Gasteiger partial charge in [0.2, 0.25) is 5.91 Å². The highest BCUT2D eigenvalue weighted by atomic mass is 32.2. The molecule has 0 fully saturated rings. The average Bonchev–Trinajstić information content (AvgIpc) is 3.07. The molecule has 0 atom stereocenters. The summed E-state index contributed by atoms with van der Waals surface area (Å²) in [4.78, 5) is 30.2. The normalized spacial score (nSPS) is 11.6. The summed E-state index contributed by atoms with van der Waals surface area (Å²) in [6.07, 6.45) is 1.08. The van der Waals surface area contributed by atoms with E-state index in [2.05, 4.69) is 4.99 Å². The van der Waals surface area contributed by atoms with Crippen LogP contribution in [0.3, 0.4) is 0 Å². The van der Waals surface area contributed by atoms with Crippen LogP contribution in [0.1, 0.15) is 18.4 Å². The lowest BCUT2D eigenvalue weighted by molar-refractivity contribution is -0.141. The Labute approximate surface area is 183 Å². The van der Waals surface area contributed by atoms with Gasteiger partial charge >= 0.3 is 5.97 Å². The summed E-state index contributed by atoms with van der Waals surface area (Å²) in [6, 6.07) is 13.8. The summed E-state index contributed by atoms with van der Waals surface area (Å²) in [5.74, 6) is 1.08. The lowest BCUT2D eigenvalue weighted by Gasteiger charge is -2.04. The summed E-state index contributed by atoms with van der Waals surface area (Å²) in [5.41, 5.74) is 1.99. The smallest absolute Gasteiger partial charge is 0.325 e. The fraction of sp³-hybridized carbons (Fsp3) is 0.318. The molecule has 1 heterocycles. The van der Waals surface area contributed by atoms with Crippen molar-refractivity contribution in [3.05, 3.63) is 52.8 Å². The third-order valence-corrected chi connectivity index (χ3v) is 6.58. The molecule has 1 aromatic heterocycles. The topological polar surface area (TPSA) is 69.9 Å². The number of thiazole rings is 1. The molecule has 0 radical (unpaired) electrons. The van der Waals surface area contributed by atoms with Crippen molar-refractivity contribution in [2.24, 2.45) is 4.99 Å². The maximum atomic E-state index is 12.4. The maximum Gasteiger partial charge on any atom is 0.325 e. The van der Waals surface area contributed by atoms with Crippen LogP contribution in [-0.2, 0) is 20.9 Å². The predicted molar refractivity (Wildman–Crippen MR) is 120 cm³/mol. The van der Waals surface area contributed by atoms with E-state index in [9.17, 15) is 9.59 Å². The quantitative estimate of drug-likeness (QED) is 0.296. The molecular formula is C22H24N2O4S2. The first-order valence-electron chi connectivity index (χ1n) is 9.51. The van der Waals surface area contributed by atoms with E-state index < -0.39 is 0 Å². The zero-order chi connectivity index (χ0) is 21.5. The van der Waals surface area contributed by atoms with Gasteiger partial charge in [-0.1, -0.05) is 17.4 Å². The monoisotopic (exact) mass is 444 g/mol. The van der Waals surface area contributed by atoms with Crippen LogP contribution in [0.25, 0.3) is 10.2 Å². The molecule has 0 saturated heterocycles. The van der Waals surface area contributed by atoms with Gasteiger partial charge in [0.05, 0.1) is 24.4 Å².